The lowest BCUT2D eigenvalue weighted by Crippen LogP contribution is -2.68. The molecule has 0 aliphatic heterocycles. The van der Waals surface area contributed by atoms with Crippen molar-refractivity contribution in [1.29, 1.82) is 0 Å². The number of nitrogens with one attached hydrogen (secondary N) is 2. The zero-order valence-electron chi connectivity index (χ0n) is 17.0. The number of aromatic nitrogens is 2. The minimum atomic E-state index is -4.94. The van der Waals surface area contributed by atoms with E-state index in [1.807, 2.05) is 22.7 Å². The van der Waals surface area contributed by atoms with Crippen molar-refractivity contribution in [2.24, 2.45) is 0 Å². The Morgan fingerprint density at radius 3 is 1.21 bits per heavy atom. The Morgan fingerprint density at radius 2 is 0.879 bits per heavy atom. The summed E-state index contributed by atoms with van der Waals surface area (Å²) in [6, 6.07) is 17.1. The molecule has 180 valence electrons. The summed E-state index contributed by atoms with van der Waals surface area (Å²) in [5.41, 5.74) is 2.54. The van der Waals surface area contributed by atoms with Crippen molar-refractivity contribution in [3.8, 4) is 0 Å². The topological polar surface area (TPSA) is 213 Å². The summed E-state index contributed by atoms with van der Waals surface area (Å²) in [5.74, 6) is 0. The monoisotopic (exact) mass is 538 g/mol. The number of rotatable bonds is 6. The second-order valence-corrected chi connectivity index (χ2v) is 10.4. The predicted octanol–water partition coefficient (Wildman–Crippen LogP) is -4.81. The number of para-hydroxylation sites is 2. The Labute approximate surface area is 201 Å². The molecule has 0 amide bonds. The van der Waals surface area contributed by atoms with Gasteiger partial charge < -0.3 is 0 Å². The molecule has 2 aromatic heterocycles. The molecule has 14 heteroatoms. The summed E-state index contributed by atoms with van der Waals surface area (Å²) in [5, 5.41) is 2.80. The van der Waals surface area contributed by atoms with Gasteiger partial charge in [0.2, 0.25) is 21.0 Å². The van der Waals surface area contributed by atoms with Crippen LogP contribution in [0.2, 0.25) is 0 Å². The normalized spacial score (nSPS) is 11.6. The van der Waals surface area contributed by atoms with Gasteiger partial charge in [0.25, 0.3) is 0 Å². The minimum absolute atomic E-state index is 1.16. The lowest BCUT2D eigenvalue weighted by molar-refractivity contribution is -2.00. The van der Waals surface area contributed by atoms with Crippen LogP contribution in [0.3, 0.4) is 0 Å². The molecular weight excluding hydrogens is 519 g/mol. The highest BCUT2D eigenvalue weighted by Crippen LogP contribution is 2.21. The van der Waals surface area contributed by atoms with Crippen LogP contribution in [0.15, 0.2) is 48.5 Å². The first-order chi connectivity index (χ1) is 15.4. The van der Waals surface area contributed by atoms with Gasteiger partial charge in [-0.1, -0.05) is 53.4 Å². The Kier molecular flexibility index (Phi) is 10.8. The number of hydrogen-bond acceptors (Lipinski definition) is 10. The van der Waals surface area contributed by atoms with Gasteiger partial charge in [-0.3, -0.25) is 0 Å². The van der Waals surface area contributed by atoms with Crippen molar-refractivity contribution in [1.82, 2.24) is 0 Å². The average molecular weight is 539 g/mol. The van der Waals surface area contributed by atoms with Gasteiger partial charge in [-0.15, -0.1) is 20.5 Å². The number of H-pyrrole nitrogens is 2. The van der Waals surface area contributed by atoms with Crippen LogP contribution in [0.5, 0.6) is 0 Å². The highest BCUT2D eigenvalue weighted by molar-refractivity contribution is 7.18. The van der Waals surface area contributed by atoms with Crippen LogP contribution in [0.1, 0.15) is 29.3 Å². The third-order valence-corrected chi connectivity index (χ3v) is 6.35. The number of unbranched alkanes of at least 4 members (excludes halogenated alkanes) is 2. The number of benzene rings is 2. The third-order valence-electron chi connectivity index (χ3n) is 4.10. The molecule has 2 heterocycles. The summed E-state index contributed by atoms with van der Waals surface area (Å²) in [6.45, 7) is 0. The fourth-order valence-corrected chi connectivity index (χ4v) is 5.01. The smallest absolute Gasteiger partial charge is 0.222 e. The van der Waals surface area contributed by atoms with E-state index in [2.05, 4.69) is 58.5 Å². The van der Waals surface area contributed by atoms with Crippen LogP contribution in [0.25, 0.3) is 20.4 Å². The molecule has 0 atom stereocenters. The lowest BCUT2D eigenvalue weighted by Gasteiger charge is -2.17. The Bertz CT molecular complexity index is 962. The molecule has 4 rings (SSSR count). The van der Waals surface area contributed by atoms with E-state index in [0.717, 1.165) is 12.8 Å². The van der Waals surface area contributed by atoms with Gasteiger partial charge in [-0.25, -0.2) is 37.3 Å². The van der Waals surface area contributed by atoms with Crippen LogP contribution in [0, 0.1) is 20.5 Å². The second-order valence-electron chi connectivity index (χ2n) is 6.61. The van der Waals surface area contributed by atoms with Gasteiger partial charge in [-0.05, 0) is 25.0 Å². The van der Waals surface area contributed by atoms with Gasteiger partial charge in [0.05, 0.1) is 0 Å². The van der Waals surface area contributed by atoms with E-state index in [4.69, 9.17) is 37.3 Å². The van der Waals surface area contributed by atoms with Gasteiger partial charge in [0.15, 0.2) is 0 Å². The highest BCUT2D eigenvalue weighted by atomic mass is 35.7. The van der Waals surface area contributed by atoms with Gasteiger partial charge in [-0.2, -0.15) is 9.97 Å². The average Bonchev–Trinajstić information content (AvgIpc) is 3.28. The Hall–Kier alpha value is -1.52. The first kappa shape index (κ1) is 27.7. The highest BCUT2D eigenvalue weighted by Gasteiger charge is 2.11. The summed E-state index contributed by atoms with van der Waals surface area (Å²) >= 11 is 3.79. The summed E-state index contributed by atoms with van der Waals surface area (Å²) < 4.78 is 70.7. The van der Waals surface area contributed by atoms with Crippen molar-refractivity contribution in [3.05, 3.63) is 58.5 Å². The third kappa shape index (κ3) is 12.5. The number of aromatic amines is 2. The lowest BCUT2D eigenvalue weighted by atomic mass is 10.1. The molecule has 33 heavy (non-hydrogen) atoms. The number of fused-ring (bicyclic) bond motifs is 2. The fraction of sp³-hybridized carbons (Fsp3) is 0.263. The zero-order valence-corrected chi connectivity index (χ0v) is 20.1. The molecule has 0 saturated carbocycles. The van der Waals surface area contributed by atoms with E-state index in [-0.39, 0.29) is 0 Å². The largest absolute Gasteiger partial charge is 0.236 e. The van der Waals surface area contributed by atoms with Crippen LogP contribution in [0.4, 0.5) is 0 Å². The van der Waals surface area contributed by atoms with Crippen molar-refractivity contribution < 1.29 is 67.7 Å². The molecule has 0 aliphatic rings. The first-order valence-electron chi connectivity index (χ1n) is 9.41. The van der Waals surface area contributed by atoms with Crippen LogP contribution in [-0.4, -0.2) is 0 Å². The molecule has 2 N–H and O–H groups in total. The van der Waals surface area contributed by atoms with E-state index < -0.39 is 20.5 Å². The number of halogens is 2. The molecule has 0 radical (unpaired) electrons. The molecule has 2 aromatic carbocycles. The van der Waals surface area contributed by atoms with Gasteiger partial charge >= 0.3 is 0 Å². The standard InChI is InChI=1S/C19H18N2S2.2ClHO4/c1(2-12-18-20-14-8-4-6-10-16(14)22-18)3-13-19-21-15-9-5-7-11-17(15)23-19;2*2-1(3,4)5/h4-11H,1-3,12-13H2;2*(H,2,3,4,5). The number of thiazole rings is 2. The molecular formula is C19H20Cl2N2O8S2. The number of hydrogen-bond donors (Lipinski definition) is 0. The summed E-state index contributed by atoms with van der Waals surface area (Å²) in [6.07, 6.45) is 6.12. The molecule has 0 bridgehead atoms. The number of aryl methyl sites for hydroxylation is 2. The van der Waals surface area contributed by atoms with Crippen LogP contribution < -0.4 is 47.2 Å². The molecule has 0 unspecified atom stereocenters. The molecule has 0 spiro atoms. The van der Waals surface area contributed by atoms with Crippen LogP contribution >= 0.6 is 22.7 Å². The Morgan fingerprint density at radius 1 is 0.545 bits per heavy atom. The van der Waals surface area contributed by atoms with E-state index in [0.29, 0.717) is 0 Å². The molecule has 0 saturated heterocycles. The fourth-order valence-electron chi connectivity index (χ4n) is 2.91. The maximum atomic E-state index is 8.49. The maximum absolute atomic E-state index is 8.49. The minimum Gasteiger partial charge on any atom is -0.222 e. The quantitative estimate of drug-likeness (QED) is 0.216. The molecule has 0 aliphatic carbocycles. The maximum Gasteiger partial charge on any atom is 0.236 e. The first-order valence-corrected chi connectivity index (χ1v) is 13.5. The van der Waals surface area contributed by atoms with Crippen LogP contribution in [-0.2, 0) is 12.8 Å². The molecule has 0 fully saturated rings. The second kappa shape index (κ2) is 12.8. The SMILES string of the molecule is [O-][Cl+3]([O-])([O-])[O-].[O-][Cl+3]([O-])([O-])[O-].c1ccc2sc(CCCCCc3[nH+]c4ccccc4s3)[nH+]c2c1. The van der Waals surface area contributed by atoms with Crippen molar-refractivity contribution in [2.45, 2.75) is 32.1 Å². The van der Waals surface area contributed by atoms with E-state index in [1.54, 1.807) is 0 Å². The van der Waals surface area contributed by atoms with Crippen molar-refractivity contribution in [3.63, 3.8) is 0 Å². The molecule has 4 aromatic rings. The Balaban J connectivity index is 0.000000327. The van der Waals surface area contributed by atoms with E-state index >= 15 is 0 Å². The van der Waals surface area contributed by atoms with E-state index in [9.17, 15) is 0 Å². The predicted molar refractivity (Wildman–Crippen MR) is 98.0 cm³/mol. The van der Waals surface area contributed by atoms with Crippen molar-refractivity contribution in [2.75, 3.05) is 0 Å². The van der Waals surface area contributed by atoms with E-state index in [1.165, 1.54) is 49.7 Å². The summed E-state index contributed by atoms with van der Waals surface area (Å²) in [7, 11) is -9.89. The zero-order chi connectivity index (χ0) is 24.5. The van der Waals surface area contributed by atoms with Gasteiger partial charge in [0, 0.05) is 25.0 Å². The molecule has 10 nitrogen and oxygen atoms in total. The summed E-state index contributed by atoms with van der Waals surface area (Å²) in [4.78, 5) is 7.07. The van der Waals surface area contributed by atoms with Gasteiger partial charge in [0.1, 0.15) is 9.40 Å². The van der Waals surface area contributed by atoms with Crippen molar-refractivity contribution >= 4 is 43.1 Å².